The number of nitrogens with zero attached hydrogens (tertiary/aromatic N) is 1. The molecule has 33 heavy (non-hydrogen) atoms. The number of nitrogens with one attached hydrogen (secondary N) is 3. The molecule has 1 atom stereocenters. The zero-order chi connectivity index (χ0) is 23.3. The first-order chi connectivity index (χ1) is 15.3. The van der Waals surface area contributed by atoms with Gasteiger partial charge in [-0.05, 0) is 62.1 Å². The standard InChI is InChI=1S/C24H29N5O3.ClH/c1-3-27-23(31)20(16-7-6-8-17(14-16)21(25)26)28-22(30)18-9-10-19(15(2)13-18)24(32)29-11-4-5-12-29;/h6-10,13-14,20H,3-5,11-12H2,1-2H3,(H3,25,26)(H,27,31)(H,28,30);1H. The number of nitrogen functional groups attached to an aromatic ring is 1. The van der Waals surface area contributed by atoms with Crippen LogP contribution < -0.4 is 16.4 Å². The molecule has 1 heterocycles. The maximum absolute atomic E-state index is 13.0. The summed E-state index contributed by atoms with van der Waals surface area (Å²) in [5, 5.41) is 13.1. The summed E-state index contributed by atoms with van der Waals surface area (Å²) in [5.41, 5.74) is 8.21. The lowest BCUT2D eigenvalue weighted by molar-refractivity contribution is -0.123. The Hall–Kier alpha value is -3.39. The monoisotopic (exact) mass is 471 g/mol. The normalized spacial score (nSPS) is 13.6. The molecule has 8 nitrogen and oxygen atoms in total. The van der Waals surface area contributed by atoms with Crippen molar-refractivity contribution < 1.29 is 14.4 Å². The van der Waals surface area contributed by atoms with E-state index >= 15 is 0 Å². The molecule has 2 aromatic carbocycles. The van der Waals surface area contributed by atoms with Gasteiger partial charge in [-0.25, -0.2) is 0 Å². The Morgan fingerprint density at radius 1 is 1.09 bits per heavy atom. The highest BCUT2D eigenvalue weighted by atomic mass is 35.5. The summed E-state index contributed by atoms with van der Waals surface area (Å²) in [5.74, 6) is -0.938. The van der Waals surface area contributed by atoms with Crippen LogP contribution >= 0.6 is 12.4 Å². The van der Waals surface area contributed by atoms with Crippen LogP contribution in [-0.4, -0.2) is 48.1 Å². The molecule has 0 aliphatic carbocycles. The second-order valence-corrected chi connectivity index (χ2v) is 7.87. The van der Waals surface area contributed by atoms with E-state index in [1.807, 2.05) is 4.90 Å². The highest BCUT2D eigenvalue weighted by Crippen LogP contribution is 2.19. The molecule has 1 fully saturated rings. The summed E-state index contributed by atoms with van der Waals surface area (Å²) in [6.45, 7) is 5.52. The van der Waals surface area contributed by atoms with Crippen LogP contribution in [0.25, 0.3) is 0 Å². The summed E-state index contributed by atoms with van der Waals surface area (Å²) in [6, 6.07) is 10.7. The van der Waals surface area contributed by atoms with Crippen LogP contribution in [0.4, 0.5) is 0 Å². The fourth-order valence-electron chi connectivity index (χ4n) is 3.81. The van der Waals surface area contributed by atoms with E-state index in [4.69, 9.17) is 11.1 Å². The average Bonchev–Trinajstić information content (AvgIpc) is 3.32. The lowest BCUT2D eigenvalue weighted by atomic mass is 10.0. The molecule has 1 aliphatic heterocycles. The third-order valence-corrected chi connectivity index (χ3v) is 5.53. The molecule has 0 spiro atoms. The summed E-state index contributed by atoms with van der Waals surface area (Å²) >= 11 is 0. The summed E-state index contributed by atoms with van der Waals surface area (Å²) in [6.07, 6.45) is 2.02. The van der Waals surface area contributed by atoms with Gasteiger partial charge in [-0.2, -0.15) is 0 Å². The van der Waals surface area contributed by atoms with Crippen molar-refractivity contribution in [2.75, 3.05) is 19.6 Å². The van der Waals surface area contributed by atoms with Crippen LogP contribution in [0.2, 0.25) is 0 Å². The number of amides is 3. The number of nitrogens with two attached hydrogens (primary N) is 1. The van der Waals surface area contributed by atoms with Gasteiger partial charge < -0.3 is 21.3 Å². The Labute approximate surface area is 199 Å². The van der Waals surface area contributed by atoms with Crippen molar-refractivity contribution in [3.63, 3.8) is 0 Å². The Morgan fingerprint density at radius 2 is 1.79 bits per heavy atom. The van der Waals surface area contributed by atoms with Gasteiger partial charge in [-0.15, -0.1) is 12.4 Å². The first kappa shape index (κ1) is 25.9. The fraction of sp³-hybridized carbons (Fsp3) is 0.333. The number of hydrogen-bond acceptors (Lipinski definition) is 4. The molecular weight excluding hydrogens is 442 g/mol. The number of benzene rings is 2. The third-order valence-electron chi connectivity index (χ3n) is 5.53. The van der Waals surface area contributed by atoms with E-state index in [0.29, 0.717) is 34.4 Å². The minimum absolute atomic E-state index is 0. The number of aryl methyl sites for hydroxylation is 1. The molecule has 3 rings (SSSR count). The average molecular weight is 472 g/mol. The first-order valence-electron chi connectivity index (χ1n) is 10.7. The van der Waals surface area contributed by atoms with E-state index in [0.717, 1.165) is 25.9 Å². The highest BCUT2D eigenvalue weighted by molar-refractivity contribution is 6.01. The summed E-state index contributed by atoms with van der Waals surface area (Å²) in [4.78, 5) is 40.2. The molecule has 1 aliphatic rings. The van der Waals surface area contributed by atoms with Crippen LogP contribution in [-0.2, 0) is 4.79 Å². The number of halogens is 1. The van der Waals surface area contributed by atoms with Gasteiger partial charge in [0.05, 0.1) is 0 Å². The zero-order valence-corrected chi connectivity index (χ0v) is 19.6. The van der Waals surface area contributed by atoms with Crippen LogP contribution in [0, 0.1) is 12.3 Å². The lowest BCUT2D eigenvalue weighted by Crippen LogP contribution is -2.40. The van der Waals surface area contributed by atoms with Gasteiger partial charge in [0.15, 0.2) is 0 Å². The number of carbonyl (C=O) groups excluding carboxylic acids is 3. The molecule has 0 bridgehead atoms. The quantitative estimate of drug-likeness (QED) is 0.365. The maximum atomic E-state index is 13.0. The minimum Gasteiger partial charge on any atom is -0.384 e. The smallest absolute Gasteiger partial charge is 0.254 e. The van der Waals surface area contributed by atoms with Crippen LogP contribution in [0.15, 0.2) is 42.5 Å². The van der Waals surface area contributed by atoms with E-state index in [1.54, 1.807) is 56.3 Å². The maximum Gasteiger partial charge on any atom is 0.254 e. The largest absolute Gasteiger partial charge is 0.384 e. The van der Waals surface area contributed by atoms with Crippen molar-refractivity contribution in [1.29, 1.82) is 5.41 Å². The number of amidine groups is 1. The molecular formula is C24H30ClN5O3. The number of rotatable bonds is 7. The second kappa shape index (κ2) is 11.5. The zero-order valence-electron chi connectivity index (χ0n) is 18.8. The van der Waals surface area contributed by atoms with Gasteiger partial charge in [0.2, 0.25) is 5.91 Å². The van der Waals surface area contributed by atoms with E-state index in [2.05, 4.69) is 10.6 Å². The molecule has 3 amide bonds. The van der Waals surface area contributed by atoms with Gasteiger partial charge in [0, 0.05) is 36.3 Å². The molecule has 0 radical (unpaired) electrons. The Morgan fingerprint density at radius 3 is 2.39 bits per heavy atom. The van der Waals surface area contributed by atoms with Gasteiger partial charge in [-0.1, -0.05) is 18.2 Å². The Balaban J connectivity index is 0.00000385. The van der Waals surface area contributed by atoms with E-state index in [9.17, 15) is 14.4 Å². The van der Waals surface area contributed by atoms with Crippen molar-refractivity contribution in [2.45, 2.75) is 32.7 Å². The van der Waals surface area contributed by atoms with Crippen molar-refractivity contribution in [3.8, 4) is 0 Å². The molecule has 0 aromatic heterocycles. The van der Waals surface area contributed by atoms with E-state index in [1.165, 1.54) is 0 Å². The molecule has 1 unspecified atom stereocenters. The van der Waals surface area contributed by atoms with Crippen molar-refractivity contribution in [1.82, 2.24) is 15.5 Å². The number of hydrogen-bond donors (Lipinski definition) is 4. The van der Waals surface area contributed by atoms with Gasteiger partial charge in [-0.3, -0.25) is 19.8 Å². The topological polar surface area (TPSA) is 128 Å². The second-order valence-electron chi connectivity index (χ2n) is 7.87. The van der Waals surface area contributed by atoms with Gasteiger partial charge >= 0.3 is 0 Å². The number of carbonyl (C=O) groups is 3. The highest BCUT2D eigenvalue weighted by Gasteiger charge is 2.25. The predicted octanol–water partition coefficient (Wildman–Crippen LogP) is 2.54. The Bertz CT molecular complexity index is 1050. The van der Waals surface area contributed by atoms with Crippen molar-refractivity contribution >= 4 is 36.0 Å². The number of likely N-dealkylation sites (tertiary alicyclic amines) is 1. The van der Waals surface area contributed by atoms with Crippen LogP contribution in [0.5, 0.6) is 0 Å². The van der Waals surface area contributed by atoms with Crippen LogP contribution in [0.3, 0.4) is 0 Å². The molecule has 2 aromatic rings. The first-order valence-corrected chi connectivity index (χ1v) is 10.7. The SMILES string of the molecule is CCNC(=O)C(NC(=O)c1ccc(C(=O)N2CCCC2)c(C)c1)c1cccc(C(=N)N)c1.Cl. The van der Waals surface area contributed by atoms with Crippen LogP contribution in [0.1, 0.15) is 63.2 Å². The summed E-state index contributed by atoms with van der Waals surface area (Å²) < 4.78 is 0. The lowest BCUT2D eigenvalue weighted by Gasteiger charge is -2.20. The molecule has 0 saturated carbocycles. The minimum atomic E-state index is -0.951. The van der Waals surface area contributed by atoms with Gasteiger partial charge in [0.25, 0.3) is 11.8 Å². The number of likely N-dealkylation sites (N-methyl/N-ethyl adjacent to an activating group) is 1. The molecule has 176 valence electrons. The third kappa shape index (κ3) is 6.10. The van der Waals surface area contributed by atoms with Gasteiger partial charge in [0.1, 0.15) is 11.9 Å². The van der Waals surface area contributed by atoms with E-state index < -0.39 is 11.9 Å². The summed E-state index contributed by atoms with van der Waals surface area (Å²) in [7, 11) is 0. The fourth-order valence-corrected chi connectivity index (χ4v) is 3.81. The Kier molecular flexibility index (Phi) is 8.99. The molecule has 1 saturated heterocycles. The molecule has 5 N–H and O–H groups in total. The molecule has 9 heteroatoms. The predicted molar refractivity (Wildman–Crippen MR) is 130 cm³/mol. The van der Waals surface area contributed by atoms with Crippen molar-refractivity contribution in [3.05, 3.63) is 70.3 Å². The van der Waals surface area contributed by atoms with E-state index in [-0.39, 0.29) is 30.1 Å². The van der Waals surface area contributed by atoms with Crippen molar-refractivity contribution in [2.24, 2.45) is 5.73 Å².